The lowest BCUT2D eigenvalue weighted by atomic mass is 10.1. The third kappa shape index (κ3) is 10.5. The average molecular weight is 691 g/mol. The lowest BCUT2D eigenvalue weighted by molar-refractivity contribution is -0.132. The first-order valence-corrected chi connectivity index (χ1v) is 14.9. The molecule has 0 saturated heterocycles. The molecular weight excluding hydrogens is 660 g/mol. The highest BCUT2D eigenvalue weighted by Crippen LogP contribution is 2.32. The number of carbonyl (C=O) groups is 6. The fraction of sp³-hybridized carbons (Fsp3) is 0.0769. The number of carbonyl (C=O) groups excluding carboxylic acids is 6. The SMILES string of the molecule is C=C(C(=O)Oc1cc(OC(=O)C(=C)c2ccc(OC(C)=O)cc2)cc(OC(=O)C(=C)c2ccc(OC(C)=O)cc2)c1)c1ccc(OC(C)=O)cc1. The fourth-order valence-electron chi connectivity index (χ4n) is 4.25. The van der Waals surface area contributed by atoms with Crippen LogP contribution in [-0.4, -0.2) is 35.8 Å². The Morgan fingerprint density at radius 3 is 0.765 bits per heavy atom. The summed E-state index contributed by atoms with van der Waals surface area (Å²) in [6, 6.07) is 21.5. The Hall–Kier alpha value is -7.08. The molecule has 4 rings (SSSR count). The molecule has 0 bridgehead atoms. The molecule has 0 N–H and O–H groups in total. The maximum Gasteiger partial charge on any atom is 0.343 e. The van der Waals surface area contributed by atoms with E-state index in [0.717, 1.165) is 0 Å². The summed E-state index contributed by atoms with van der Waals surface area (Å²) in [6.07, 6.45) is 0. The maximum atomic E-state index is 13.1. The minimum absolute atomic E-state index is 0.0681. The standard InChI is InChI=1S/C39H30O12/c1-22(28-7-13-31(14-8-28)46-25(4)40)37(43)49-34-19-35(50-38(44)23(2)29-9-15-32(16-10-29)47-26(5)41)21-36(20-34)51-39(45)24(3)30-11-17-33(18-12-30)48-27(6)42/h7-21H,1-3H2,4-6H3. The van der Waals surface area contributed by atoms with Crippen LogP contribution in [0.3, 0.4) is 0 Å². The molecule has 12 nitrogen and oxygen atoms in total. The molecule has 0 unspecified atom stereocenters. The number of hydrogen-bond acceptors (Lipinski definition) is 12. The number of benzene rings is 4. The van der Waals surface area contributed by atoms with E-state index in [2.05, 4.69) is 19.7 Å². The highest BCUT2D eigenvalue weighted by Gasteiger charge is 2.20. The smallest absolute Gasteiger partial charge is 0.343 e. The highest BCUT2D eigenvalue weighted by molar-refractivity contribution is 6.18. The van der Waals surface area contributed by atoms with Crippen LogP contribution < -0.4 is 28.4 Å². The second-order valence-corrected chi connectivity index (χ2v) is 10.6. The lowest BCUT2D eigenvalue weighted by Gasteiger charge is -2.13. The summed E-state index contributed by atoms with van der Waals surface area (Å²) in [5.74, 6) is -4.00. The first kappa shape index (κ1) is 36.8. The van der Waals surface area contributed by atoms with Crippen molar-refractivity contribution in [2.75, 3.05) is 0 Å². The van der Waals surface area contributed by atoms with Crippen molar-refractivity contribution in [2.24, 2.45) is 0 Å². The molecule has 258 valence electrons. The average Bonchev–Trinajstić information content (AvgIpc) is 3.07. The summed E-state index contributed by atoms with van der Waals surface area (Å²) in [5.41, 5.74) is 0.871. The van der Waals surface area contributed by atoms with Crippen molar-refractivity contribution in [1.82, 2.24) is 0 Å². The molecule has 0 spiro atoms. The van der Waals surface area contributed by atoms with Gasteiger partial charge in [0.25, 0.3) is 0 Å². The van der Waals surface area contributed by atoms with Crippen molar-refractivity contribution in [2.45, 2.75) is 20.8 Å². The second-order valence-electron chi connectivity index (χ2n) is 10.6. The quantitative estimate of drug-likeness (QED) is 0.0927. The second kappa shape index (κ2) is 16.3. The Balaban J connectivity index is 1.57. The van der Waals surface area contributed by atoms with Crippen molar-refractivity contribution in [3.05, 3.63) is 127 Å². The van der Waals surface area contributed by atoms with Gasteiger partial charge in [-0.15, -0.1) is 0 Å². The van der Waals surface area contributed by atoms with Gasteiger partial charge in [-0.2, -0.15) is 0 Å². The van der Waals surface area contributed by atoms with Crippen LogP contribution in [0.15, 0.2) is 111 Å². The minimum Gasteiger partial charge on any atom is -0.427 e. The normalized spacial score (nSPS) is 10.2. The third-order valence-corrected chi connectivity index (χ3v) is 6.62. The molecule has 0 aliphatic carbocycles. The maximum absolute atomic E-state index is 13.1. The molecule has 51 heavy (non-hydrogen) atoms. The molecule has 0 aliphatic heterocycles. The Kier molecular flexibility index (Phi) is 11.8. The van der Waals surface area contributed by atoms with Crippen LogP contribution in [0.25, 0.3) is 16.7 Å². The van der Waals surface area contributed by atoms with E-state index in [-0.39, 0.29) is 51.2 Å². The van der Waals surface area contributed by atoms with Crippen molar-refractivity contribution >= 4 is 52.5 Å². The van der Waals surface area contributed by atoms with Gasteiger partial charge in [0, 0.05) is 39.0 Å². The predicted octanol–water partition coefficient (Wildman–Crippen LogP) is 6.32. The summed E-state index contributed by atoms with van der Waals surface area (Å²) in [5, 5.41) is 0. The predicted molar refractivity (Wildman–Crippen MR) is 184 cm³/mol. The monoisotopic (exact) mass is 690 g/mol. The van der Waals surface area contributed by atoms with Crippen molar-refractivity contribution in [3.63, 3.8) is 0 Å². The number of ether oxygens (including phenoxy) is 6. The van der Waals surface area contributed by atoms with Gasteiger partial charge < -0.3 is 28.4 Å². The van der Waals surface area contributed by atoms with Gasteiger partial charge in [0.2, 0.25) is 0 Å². The molecule has 12 heteroatoms. The number of rotatable bonds is 12. The Morgan fingerprint density at radius 2 is 0.569 bits per heavy atom. The zero-order chi connectivity index (χ0) is 37.2. The summed E-state index contributed by atoms with van der Waals surface area (Å²) in [7, 11) is 0. The van der Waals surface area contributed by atoms with Crippen LogP contribution in [0.5, 0.6) is 34.5 Å². The van der Waals surface area contributed by atoms with Crippen molar-refractivity contribution < 1.29 is 57.2 Å². The van der Waals surface area contributed by atoms with E-state index in [4.69, 9.17) is 28.4 Å². The summed E-state index contributed by atoms with van der Waals surface area (Å²) >= 11 is 0. The largest absolute Gasteiger partial charge is 0.427 e. The van der Waals surface area contributed by atoms with E-state index >= 15 is 0 Å². The van der Waals surface area contributed by atoms with Gasteiger partial charge in [0.15, 0.2) is 0 Å². The van der Waals surface area contributed by atoms with E-state index in [0.29, 0.717) is 16.7 Å². The summed E-state index contributed by atoms with van der Waals surface area (Å²) in [6.45, 7) is 15.1. The molecule has 0 amide bonds. The lowest BCUT2D eigenvalue weighted by Crippen LogP contribution is -2.13. The van der Waals surface area contributed by atoms with Crippen LogP contribution in [-0.2, 0) is 28.8 Å². The van der Waals surface area contributed by atoms with E-state index in [1.54, 1.807) is 0 Å². The van der Waals surface area contributed by atoms with E-state index in [1.807, 2.05) is 0 Å². The number of esters is 6. The van der Waals surface area contributed by atoms with Crippen molar-refractivity contribution in [3.8, 4) is 34.5 Å². The highest BCUT2D eigenvalue weighted by atomic mass is 16.6. The Bertz CT molecular complexity index is 1810. The zero-order valence-electron chi connectivity index (χ0n) is 27.7. The first-order chi connectivity index (χ1) is 24.2. The van der Waals surface area contributed by atoms with Crippen molar-refractivity contribution in [1.29, 1.82) is 0 Å². The van der Waals surface area contributed by atoms with E-state index in [9.17, 15) is 28.8 Å². The third-order valence-electron chi connectivity index (χ3n) is 6.62. The van der Waals surface area contributed by atoms with Gasteiger partial charge in [-0.3, -0.25) is 14.4 Å². The molecule has 0 aromatic heterocycles. The molecule has 0 fully saturated rings. The Labute approximate surface area is 292 Å². The molecule has 0 aliphatic rings. The van der Waals surface area contributed by atoms with Crippen LogP contribution in [0.4, 0.5) is 0 Å². The topological polar surface area (TPSA) is 158 Å². The molecule has 0 saturated carbocycles. The van der Waals surface area contributed by atoms with Gasteiger partial charge in [0.1, 0.15) is 34.5 Å². The van der Waals surface area contributed by atoms with E-state index in [1.165, 1.54) is 112 Å². The van der Waals surface area contributed by atoms with Gasteiger partial charge >= 0.3 is 35.8 Å². The van der Waals surface area contributed by atoms with Crippen LogP contribution in [0.2, 0.25) is 0 Å². The molecule has 4 aromatic carbocycles. The molecule has 0 heterocycles. The molecular formula is C39H30O12. The molecule has 4 aromatic rings. The first-order valence-electron chi connectivity index (χ1n) is 14.9. The summed E-state index contributed by atoms with van der Waals surface area (Å²) < 4.78 is 31.6. The van der Waals surface area contributed by atoms with Crippen LogP contribution in [0.1, 0.15) is 37.5 Å². The van der Waals surface area contributed by atoms with Gasteiger partial charge in [-0.05, 0) is 53.1 Å². The fourth-order valence-corrected chi connectivity index (χ4v) is 4.25. The zero-order valence-corrected chi connectivity index (χ0v) is 27.7. The van der Waals surface area contributed by atoms with E-state index < -0.39 is 35.8 Å². The minimum atomic E-state index is -0.898. The number of hydrogen-bond donors (Lipinski definition) is 0. The van der Waals surface area contributed by atoms with Crippen LogP contribution in [0, 0.1) is 0 Å². The van der Waals surface area contributed by atoms with Gasteiger partial charge in [-0.1, -0.05) is 56.1 Å². The Morgan fingerprint density at radius 1 is 0.353 bits per heavy atom. The van der Waals surface area contributed by atoms with Gasteiger partial charge in [0.05, 0.1) is 16.7 Å². The molecule has 0 atom stereocenters. The summed E-state index contributed by atoms with van der Waals surface area (Å²) in [4.78, 5) is 73.0. The van der Waals surface area contributed by atoms with Crippen LogP contribution >= 0.6 is 0 Å². The molecule has 0 radical (unpaired) electrons. The van der Waals surface area contributed by atoms with Gasteiger partial charge in [-0.25, -0.2) is 14.4 Å².